The summed E-state index contributed by atoms with van der Waals surface area (Å²) in [5.74, 6) is 0.110. The zero-order chi connectivity index (χ0) is 17.3. The molecule has 3 rings (SSSR count). The quantitative estimate of drug-likeness (QED) is 0.897. The fraction of sp³-hybridized carbons (Fsp3) is 0.706. The Balaban J connectivity index is 1.61. The molecule has 1 aromatic heterocycles. The largest absolute Gasteiger partial charge is 0.349 e. The van der Waals surface area contributed by atoms with Crippen LogP contribution in [-0.2, 0) is 17.8 Å². The second kappa shape index (κ2) is 7.19. The average Bonchev–Trinajstić information content (AvgIpc) is 2.97. The molecule has 0 radical (unpaired) electrons. The molecule has 0 spiro atoms. The normalized spacial score (nSPS) is 24.3. The van der Waals surface area contributed by atoms with Gasteiger partial charge in [0.15, 0.2) is 5.01 Å². The predicted octanol–water partition coefficient (Wildman–Crippen LogP) is 1.51. The Bertz CT molecular complexity index is 628. The molecule has 7 heteroatoms. The topological polar surface area (TPSA) is 65.5 Å². The number of carbonyl (C=O) groups excluding carboxylic acids is 2. The van der Waals surface area contributed by atoms with E-state index < -0.39 is 0 Å². The maximum absolute atomic E-state index is 12.6. The molecular weight excluding hydrogens is 324 g/mol. The highest BCUT2D eigenvalue weighted by Gasteiger charge is 2.30. The van der Waals surface area contributed by atoms with Crippen LogP contribution in [0, 0.1) is 5.92 Å². The minimum Gasteiger partial charge on any atom is -0.349 e. The smallest absolute Gasteiger partial charge is 0.280 e. The number of aromatic nitrogens is 1. The van der Waals surface area contributed by atoms with Gasteiger partial charge in [-0.25, -0.2) is 4.98 Å². The summed E-state index contributed by atoms with van der Waals surface area (Å²) in [6, 6.07) is 0.0729. The number of hydrogen-bond donors (Lipinski definition) is 1. The van der Waals surface area contributed by atoms with Crippen LogP contribution in [0.25, 0.3) is 0 Å². The van der Waals surface area contributed by atoms with Crippen LogP contribution in [-0.4, -0.2) is 60.3 Å². The lowest BCUT2D eigenvalue weighted by atomic mass is 9.85. The molecule has 2 aliphatic rings. The Morgan fingerprint density at radius 3 is 2.88 bits per heavy atom. The molecule has 2 heterocycles. The predicted molar refractivity (Wildman–Crippen MR) is 94.1 cm³/mol. The molecule has 24 heavy (non-hydrogen) atoms. The second-order valence-electron chi connectivity index (χ2n) is 7.14. The van der Waals surface area contributed by atoms with Gasteiger partial charge in [0.2, 0.25) is 5.91 Å². The average molecular weight is 350 g/mol. The van der Waals surface area contributed by atoms with Gasteiger partial charge in [0.05, 0.1) is 5.69 Å². The van der Waals surface area contributed by atoms with E-state index in [-0.39, 0.29) is 23.8 Å². The van der Waals surface area contributed by atoms with Gasteiger partial charge in [-0.1, -0.05) is 6.42 Å². The summed E-state index contributed by atoms with van der Waals surface area (Å²) in [6.07, 6.45) is 4.49. The van der Waals surface area contributed by atoms with Crippen molar-refractivity contribution in [2.24, 2.45) is 5.92 Å². The molecule has 2 atom stereocenters. The van der Waals surface area contributed by atoms with Crippen molar-refractivity contribution in [1.29, 1.82) is 0 Å². The third kappa shape index (κ3) is 3.78. The Morgan fingerprint density at radius 2 is 2.12 bits per heavy atom. The maximum Gasteiger partial charge on any atom is 0.280 e. The van der Waals surface area contributed by atoms with E-state index in [1.807, 2.05) is 0 Å². The minimum atomic E-state index is -0.0833. The van der Waals surface area contributed by atoms with E-state index in [1.54, 1.807) is 19.0 Å². The molecular formula is C17H26N4O2S. The van der Waals surface area contributed by atoms with Gasteiger partial charge in [0.1, 0.15) is 0 Å². The number of hydrogen-bond acceptors (Lipinski definition) is 5. The first-order valence-electron chi connectivity index (χ1n) is 8.63. The Hall–Kier alpha value is -1.47. The van der Waals surface area contributed by atoms with Gasteiger partial charge in [-0.15, -0.1) is 11.3 Å². The second-order valence-corrected chi connectivity index (χ2v) is 8.23. The number of amides is 2. The molecule has 1 saturated carbocycles. The van der Waals surface area contributed by atoms with Gasteiger partial charge >= 0.3 is 0 Å². The lowest BCUT2D eigenvalue weighted by Crippen LogP contribution is -2.42. The highest BCUT2D eigenvalue weighted by Crippen LogP contribution is 2.27. The molecule has 0 aromatic carbocycles. The fourth-order valence-corrected chi connectivity index (χ4v) is 4.67. The SMILES string of the molecule is CN1CCc2nc(C(=O)N[C@H]3CCC[C@H](C(=O)N(C)C)C3)sc2C1. The molecule has 1 N–H and O–H groups in total. The summed E-state index contributed by atoms with van der Waals surface area (Å²) in [4.78, 5) is 34.4. The van der Waals surface area contributed by atoms with E-state index in [0.717, 1.165) is 50.9 Å². The van der Waals surface area contributed by atoms with Gasteiger partial charge in [-0.3, -0.25) is 9.59 Å². The lowest BCUT2D eigenvalue weighted by molar-refractivity contribution is -0.134. The van der Waals surface area contributed by atoms with Crippen molar-refractivity contribution in [3.05, 3.63) is 15.6 Å². The first-order valence-corrected chi connectivity index (χ1v) is 9.45. The molecule has 0 saturated heterocycles. The maximum atomic E-state index is 12.6. The summed E-state index contributed by atoms with van der Waals surface area (Å²) in [7, 11) is 5.68. The third-order valence-corrected chi connectivity index (χ3v) is 6.00. The van der Waals surface area contributed by atoms with Gasteiger partial charge in [-0.2, -0.15) is 0 Å². The van der Waals surface area contributed by atoms with Crippen LogP contribution in [0.1, 0.15) is 46.1 Å². The Kier molecular flexibility index (Phi) is 5.20. The molecule has 2 amide bonds. The molecule has 1 aromatic rings. The van der Waals surface area contributed by atoms with Crippen LogP contribution in [0.2, 0.25) is 0 Å². The molecule has 1 aliphatic heterocycles. The molecule has 6 nitrogen and oxygen atoms in total. The standard InChI is InChI=1S/C17H26N4O2S/c1-20(2)17(23)11-5-4-6-12(9-11)18-15(22)16-19-13-7-8-21(3)10-14(13)24-16/h11-12H,4-10H2,1-3H3,(H,18,22)/t11-,12-/m0/s1. The summed E-state index contributed by atoms with van der Waals surface area (Å²) in [5, 5.41) is 3.67. The highest BCUT2D eigenvalue weighted by atomic mass is 32.1. The van der Waals surface area contributed by atoms with Crippen LogP contribution in [0.3, 0.4) is 0 Å². The first kappa shape index (κ1) is 17.4. The van der Waals surface area contributed by atoms with E-state index in [9.17, 15) is 9.59 Å². The van der Waals surface area contributed by atoms with Crippen molar-refractivity contribution in [3.8, 4) is 0 Å². The van der Waals surface area contributed by atoms with Gasteiger partial charge < -0.3 is 15.1 Å². The van der Waals surface area contributed by atoms with E-state index >= 15 is 0 Å². The number of thiazole rings is 1. The third-order valence-electron chi connectivity index (χ3n) is 4.92. The van der Waals surface area contributed by atoms with Crippen LogP contribution in [0.15, 0.2) is 0 Å². The van der Waals surface area contributed by atoms with Crippen molar-refractivity contribution in [1.82, 2.24) is 20.1 Å². The number of rotatable bonds is 3. The van der Waals surface area contributed by atoms with E-state index in [4.69, 9.17) is 0 Å². The van der Waals surface area contributed by atoms with Crippen LogP contribution in [0.5, 0.6) is 0 Å². The van der Waals surface area contributed by atoms with E-state index in [1.165, 1.54) is 16.2 Å². The number of nitrogens with one attached hydrogen (secondary N) is 1. The number of carbonyl (C=O) groups is 2. The fourth-order valence-electron chi connectivity index (χ4n) is 3.58. The van der Waals surface area contributed by atoms with Crippen LogP contribution >= 0.6 is 11.3 Å². The summed E-state index contributed by atoms with van der Waals surface area (Å²) < 4.78 is 0. The van der Waals surface area contributed by atoms with Crippen LogP contribution < -0.4 is 5.32 Å². The highest BCUT2D eigenvalue weighted by molar-refractivity contribution is 7.13. The summed E-state index contributed by atoms with van der Waals surface area (Å²) in [5.41, 5.74) is 1.08. The molecule has 0 bridgehead atoms. The number of fused-ring (bicyclic) bond motifs is 1. The number of nitrogens with zero attached hydrogens (tertiary/aromatic N) is 3. The molecule has 132 valence electrons. The van der Waals surface area contributed by atoms with Crippen molar-refractivity contribution < 1.29 is 9.59 Å². The Morgan fingerprint density at radius 1 is 1.33 bits per heavy atom. The summed E-state index contributed by atoms with van der Waals surface area (Å²) in [6.45, 7) is 1.87. The first-order chi connectivity index (χ1) is 11.4. The van der Waals surface area contributed by atoms with E-state index in [2.05, 4.69) is 22.2 Å². The zero-order valence-corrected chi connectivity index (χ0v) is 15.5. The van der Waals surface area contributed by atoms with Gasteiger partial charge in [0.25, 0.3) is 5.91 Å². The van der Waals surface area contributed by atoms with Crippen LogP contribution in [0.4, 0.5) is 0 Å². The summed E-state index contributed by atoms with van der Waals surface area (Å²) >= 11 is 1.51. The Labute approximate surface area is 147 Å². The zero-order valence-electron chi connectivity index (χ0n) is 14.7. The molecule has 1 fully saturated rings. The van der Waals surface area contributed by atoms with Gasteiger partial charge in [0, 0.05) is 50.4 Å². The van der Waals surface area contributed by atoms with Gasteiger partial charge in [-0.05, 0) is 26.3 Å². The lowest BCUT2D eigenvalue weighted by Gasteiger charge is -2.30. The minimum absolute atomic E-state index is 0.0252. The van der Waals surface area contributed by atoms with Crippen molar-refractivity contribution in [2.45, 2.75) is 44.7 Å². The van der Waals surface area contributed by atoms with E-state index in [0.29, 0.717) is 5.01 Å². The van der Waals surface area contributed by atoms with Crippen molar-refractivity contribution >= 4 is 23.2 Å². The monoisotopic (exact) mass is 350 g/mol. The number of likely N-dealkylation sites (N-methyl/N-ethyl adjacent to an activating group) is 1. The van der Waals surface area contributed by atoms with Crippen molar-refractivity contribution in [2.75, 3.05) is 27.7 Å². The molecule has 0 unspecified atom stereocenters. The van der Waals surface area contributed by atoms with Crippen molar-refractivity contribution in [3.63, 3.8) is 0 Å². The molecule has 1 aliphatic carbocycles.